The van der Waals surface area contributed by atoms with Gasteiger partial charge in [-0.25, -0.2) is 0 Å². The summed E-state index contributed by atoms with van der Waals surface area (Å²) >= 11 is 8.28. The Hall–Kier alpha value is 0.830. The third-order valence-electron chi connectivity index (χ3n) is 3.23. The van der Waals surface area contributed by atoms with E-state index in [-0.39, 0.29) is 0 Å². The number of thiol groups is 1. The molecule has 2 aliphatic carbocycles. The van der Waals surface area contributed by atoms with Gasteiger partial charge in [0.1, 0.15) is 0 Å². The van der Waals surface area contributed by atoms with Gasteiger partial charge in [0.05, 0.1) is 0 Å². The van der Waals surface area contributed by atoms with Crippen LogP contribution in [-0.2, 0) is 0 Å². The van der Waals surface area contributed by atoms with Crippen LogP contribution in [0, 0.1) is 11.8 Å². The number of hydrogen-bond donors (Lipinski definition) is 1. The molecule has 0 aliphatic heterocycles. The van der Waals surface area contributed by atoms with Crippen LogP contribution in [0.2, 0.25) is 0 Å². The van der Waals surface area contributed by atoms with Crippen LogP contribution < -0.4 is 0 Å². The molecular weight excluding hydrogens is 220 g/mol. The smallest absolute Gasteiger partial charge is 0.0148 e. The Morgan fingerprint density at radius 2 is 1.73 bits per heavy atom. The highest BCUT2D eigenvalue weighted by atomic mass is 79.9. The highest BCUT2D eigenvalue weighted by molar-refractivity contribution is 9.09. The zero-order valence-corrected chi connectivity index (χ0v) is 9.15. The lowest BCUT2D eigenvalue weighted by molar-refractivity contribution is 0.286. The lowest BCUT2D eigenvalue weighted by atomic mass is 9.82. The van der Waals surface area contributed by atoms with Crippen molar-refractivity contribution >= 4 is 28.6 Å². The zero-order valence-electron chi connectivity index (χ0n) is 6.67. The Kier molecular flexibility index (Phi) is 2.52. The molecule has 0 nitrogen and oxygen atoms in total. The quantitative estimate of drug-likeness (QED) is 0.483. The van der Waals surface area contributed by atoms with E-state index in [0.29, 0.717) is 5.25 Å². The van der Waals surface area contributed by atoms with E-state index in [1.807, 2.05) is 0 Å². The number of rotatable bonds is 0. The molecule has 0 bridgehead atoms. The second-order valence-electron chi connectivity index (χ2n) is 4.06. The molecule has 4 atom stereocenters. The third kappa shape index (κ3) is 1.77. The lowest BCUT2D eigenvalue weighted by Crippen LogP contribution is -2.20. The Bertz CT molecular complexity index is 148. The van der Waals surface area contributed by atoms with Crippen LogP contribution in [-0.4, -0.2) is 10.1 Å². The summed E-state index contributed by atoms with van der Waals surface area (Å²) in [6.45, 7) is 0. The van der Waals surface area contributed by atoms with Gasteiger partial charge in [0, 0.05) is 10.1 Å². The summed E-state index contributed by atoms with van der Waals surface area (Å²) in [7, 11) is 0. The van der Waals surface area contributed by atoms with Crippen LogP contribution in [0.5, 0.6) is 0 Å². The maximum Gasteiger partial charge on any atom is 0.0148 e. The van der Waals surface area contributed by atoms with Crippen molar-refractivity contribution in [2.75, 3.05) is 0 Å². The molecule has 2 rings (SSSR count). The minimum atomic E-state index is 0.711. The zero-order chi connectivity index (χ0) is 7.84. The summed E-state index contributed by atoms with van der Waals surface area (Å²) in [5.41, 5.74) is 0. The fraction of sp³-hybridized carbons (Fsp3) is 1.00. The van der Waals surface area contributed by atoms with E-state index in [2.05, 4.69) is 28.6 Å². The van der Waals surface area contributed by atoms with E-state index in [4.69, 9.17) is 0 Å². The first-order valence-electron chi connectivity index (χ1n) is 4.58. The Morgan fingerprint density at radius 1 is 1.00 bits per heavy atom. The highest BCUT2D eigenvalue weighted by Crippen LogP contribution is 2.45. The van der Waals surface area contributed by atoms with E-state index in [9.17, 15) is 0 Å². The lowest BCUT2D eigenvalue weighted by Gasteiger charge is -2.28. The predicted molar refractivity (Wildman–Crippen MR) is 55.6 cm³/mol. The van der Waals surface area contributed by atoms with Gasteiger partial charge in [-0.2, -0.15) is 12.6 Å². The normalized spacial score (nSPS) is 50.7. The van der Waals surface area contributed by atoms with Gasteiger partial charge < -0.3 is 0 Å². The average molecular weight is 235 g/mol. The van der Waals surface area contributed by atoms with Crippen LogP contribution in [0.25, 0.3) is 0 Å². The maximum atomic E-state index is 4.56. The van der Waals surface area contributed by atoms with Crippen molar-refractivity contribution < 1.29 is 0 Å². The van der Waals surface area contributed by atoms with Crippen molar-refractivity contribution in [3.8, 4) is 0 Å². The molecule has 2 heteroatoms. The summed E-state index contributed by atoms with van der Waals surface area (Å²) in [6.07, 6.45) is 6.99. The van der Waals surface area contributed by atoms with E-state index >= 15 is 0 Å². The molecule has 2 fully saturated rings. The summed E-state index contributed by atoms with van der Waals surface area (Å²) < 4.78 is 0. The number of fused-ring (bicyclic) bond motifs is 1. The fourth-order valence-corrected chi connectivity index (χ4v) is 3.95. The molecule has 2 aliphatic rings. The third-order valence-corrected chi connectivity index (χ3v) is 4.48. The molecule has 0 aromatic heterocycles. The number of hydrogen-bond acceptors (Lipinski definition) is 1. The minimum absolute atomic E-state index is 0.711. The fourth-order valence-electron chi connectivity index (χ4n) is 2.66. The summed E-state index contributed by atoms with van der Waals surface area (Å²) in [5.74, 6) is 2.02. The first-order valence-corrected chi connectivity index (χ1v) is 6.01. The van der Waals surface area contributed by atoms with Crippen LogP contribution in [0.1, 0.15) is 32.1 Å². The first kappa shape index (κ1) is 8.43. The van der Waals surface area contributed by atoms with Crippen molar-refractivity contribution in [1.29, 1.82) is 0 Å². The number of alkyl halides is 1. The van der Waals surface area contributed by atoms with Gasteiger partial charge in [-0.1, -0.05) is 15.9 Å². The van der Waals surface area contributed by atoms with Gasteiger partial charge in [0.25, 0.3) is 0 Å². The molecule has 4 unspecified atom stereocenters. The van der Waals surface area contributed by atoms with Crippen molar-refractivity contribution in [3.05, 3.63) is 0 Å². The second kappa shape index (κ2) is 3.29. The molecule has 64 valence electrons. The molecule has 0 aromatic rings. The van der Waals surface area contributed by atoms with Gasteiger partial charge in [-0.05, 0) is 43.9 Å². The molecule has 0 saturated heterocycles. The van der Waals surface area contributed by atoms with Gasteiger partial charge in [-0.15, -0.1) is 0 Å². The largest absolute Gasteiger partial charge is 0.176 e. The molecule has 0 heterocycles. The first-order chi connectivity index (χ1) is 5.25. The van der Waals surface area contributed by atoms with E-state index in [1.54, 1.807) is 0 Å². The Balaban J connectivity index is 1.97. The molecular formula is C9H15BrS. The van der Waals surface area contributed by atoms with Crippen LogP contribution in [0.4, 0.5) is 0 Å². The van der Waals surface area contributed by atoms with Gasteiger partial charge in [0.15, 0.2) is 0 Å². The van der Waals surface area contributed by atoms with Gasteiger partial charge in [-0.3, -0.25) is 0 Å². The Labute approximate surface area is 82.7 Å². The molecule has 0 amide bonds. The number of halogens is 1. The van der Waals surface area contributed by atoms with E-state index in [0.717, 1.165) is 16.7 Å². The molecule has 0 radical (unpaired) electrons. The highest BCUT2D eigenvalue weighted by Gasteiger charge is 2.36. The molecule has 0 N–H and O–H groups in total. The Morgan fingerprint density at radius 3 is 2.55 bits per heavy atom. The summed E-state index contributed by atoms with van der Waals surface area (Å²) in [4.78, 5) is 0.808. The van der Waals surface area contributed by atoms with Crippen molar-refractivity contribution in [2.45, 2.75) is 42.2 Å². The summed E-state index contributed by atoms with van der Waals surface area (Å²) in [5, 5.41) is 0.711. The molecule has 0 aromatic carbocycles. The predicted octanol–water partition coefficient (Wildman–Crippen LogP) is 3.26. The topological polar surface area (TPSA) is 0 Å². The molecule has 0 spiro atoms. The van der Waals surface area contributed by atoms with Gasteiger partial charge in [0.2, 0.25) is 0 Å². The van der Waals surface area contributed by atoms with Crippen LogP contribution in [0.3, 0.4) is 0 Å². The van der Waals surface area contributed by atoms with E-state index in [1.165, 1.54) is 32.1 Å². The standard InChI is InChI=1S/C9H15BrS/c10-8-2-1-6-4-9(11)5-7(6)3-8/h6-9,11H,1-5H2. The van der Waals surface area contributed by atoms with Crippen molar-refractivity contribution in [2.24, 2.45) is 11.8 Å². The minimum Gasteiger partial charge on any atom is -0.176 e. The average Bonchev–Trinajstić information content (AvgIpc) is 2.27. The molecule has 11 heavy (non-hydrogen) atoms. The molecule has 2 saturated carbocycles. The van der Waals surface area contributed by atoms with Gasteiger partial charge >= 0.3 is 0 Å². The van der Waals surface area contributed by atoms with Crippen LogP contribution >= 0.6 is 28.6 Å². The van der Waals surface area contributed by atoms with Crippen molar-refractivity contribution in [3.63, 3.8) is 0 Å². The monoisotopic (exact) mass is 234 g/mol. The maximum absolute atomic E-state index is 4.56. The van der Waals surface area contributed by atoms with Crippen LogP contribution in [0.15, 0.2) is 0 Å². The van der Waals surface area contributed by atoms with E-state index < -0.39 is 0 Å². The summed E-state index contributed by atoms with van der Waals surface area (Å²) in [6, 6.07) is 0. The SMILES string of the molecule is SC1CC2CCC(Br)CC2C1. The van der Waals surface area contributed by atoms with Crippen molar-refractivity contribution in [1.82, 2.24) is 0 Å². The second-order valence-corrected chi connectivity index (χ2v) is 6.08.